The van der Waals surface area contributed by atoms with Crippen molar-refractivity contribution in [1.29, 1.82) is 0 Å². The van der Waals surface area contributed by atoms with E-state index in [0.29, 0.717) is 39.6 Å². The molecular formula is C64H112O4Si2. The van der Waals surface area contributed by atoms with Crippen LogP contribution in [0.1, 0.15) is 261 Å². The topological polar surface area (TPSA) is 36.9 Å². The minimum Gasteiger partial charge on any atom is -0.412 e. The van der Waals surface area contributed by atoms with Crippen molar-refractivity contribution in [3.05, 3.63) is 22.3 Å². The fraction of sp³-hybridized carbons (Fsp3) is 0.812. The molecule has 0 aliphatic heterocycles. The molecule has 0 saturated carbocycles. The van der Waals surface area contributed by atoms with Crippen LogP contribution in [0.2, 0.25) is 36.3 Å². The molecule has 0 saturated heterocycles. The summed E-state index contributed by atoms with van der Waals surface area (Å²) < 4.78 is 26.1. The third kappa shape index (κ3) is 34.4. The Morgan fingerprint density at radius 1 is 0.300 bits per heavy atom. The Morgan fingerprint density at radius 3 is 0.714 bits per heavy atom. The van der Waals surface area contributed by atoms with Crippen LogP contribution < -0.4 is 0 Å². The fourth-order valence-corrected chi connectivity index (χ4v) is 9.89. The van der Waals surface area contributed by atoms with Gasteiger partial charge in [-0.2, -0.15) is 0 Å². The van der Waals surface area contributed by atoms with Gasteiger partial charge in [-0.25, -0.2) is 0 Å². The first-order valence-electron chi connectivity index (χ1n) is 29.5. The zero-order valence-electron chi connectivity index (χ0n) is 48.5. The van der Waals surface area contributed by atoms with Gasteiger partial charge in [-0.1, -0.05) is 272 Å². The number of ether oxygens (including phenoxy) is 2. The number of rotatable bonds is 44. The van der Waals surface area contributed by atoms with Crippen molar-refractivity contribution in [2.75, 3.05) is 39.6 Å². The molecule has 0 fully saturated rings. The van der Waals surface area contributed by atoms with Gasteiger partial charge in [0.2, 0.25) is 0 Å². The SMILES string of the molecule is CCCCCCCCCCCCCCCCCCOC/C1=C(\CO[Si](C)(C)C(C)(C)C)C#CC#C/C(COCCCCCCCCCCCCCCCCCC)=C(/CO[Si](C)(C)C(C)(C)C)C#CC#C1. The van der Waals surface area contributed by atoms with Gasteiger partial charge in [-0.15, -0.1) is 0 Å². The number of hydrogen-bond acceptors (Lipinski definition) is 4. The van der Waals surface area contributed by atoms with Crippen molar-refractivity contribution in [1.82, 2.24) is 0 Å². The molecule has 4 nitrogen and oxygen atoms in total. The van der Waals surface area contributed by atoms with E-state index in [4.69, 9.17) is 18.3 Å². The second-order valence-corrected chi connectivity index (χ2v) is 33.3. The normalized spacial score (nSPS) is 15.5. The molecule has 0 amide bonds. The van der Waals surface area contributed by atoms with E-state index in [0.717, 1.165) is 35.1 Å². The van der Waals surface area contributed by atoms with E-state index in [1.807, 2.05) is 0 Å². The molecule has 0 aromatic heterocycles. The van der Waals surface area contributed by atoms with E-state index >= 15 is 0 Å². The molecule has 1 rings (SSSR count). The lowest BCUT2D eigenvalue weighted by molar-refractivity contribution is 0.152. The van der Waals surface area contributed by atoms with Crippen LogP contribution in [-0.2, 0) is 18.3 Å². The highest BCUT2D eigenvalue weighted by Gasteiger charge is 2.38. The standard InChI is InChI=1S/C64H112O4Si2/c1-13-15-17-19-21-23-25-27-29-31-33-35-37-39-41-47-53-65-55-59-49-43-45-52-62(58-68-70(11,12)64(6,7)8)60(50-44-46-51-61(59)57-67-69(9,10)63(3,4)5)56-66-54-48-42-40-38-36-34-32-30-28-26-24-22-20-18-16-14-2/h13-42,47-48,53-58H2,1-12H3/b61-59-,62-60-. The third-order valence-corrected chi connectivity index (χ3v) is 24.2. The molecule has 0 radical (unpaired) electrons. The van der Waals surface area contributed by atoms with Crippen molar-refractivity contribution in [3.8, 4) is 47.4 Å². The fourth-order valence-electron chi connectivity index (χ4n) is 8.01. The minimum absolute atomic E-state index is 0.0714. The highest BCUT2D eigenvalue weighted by Crippen LogP contribution is 2.38. The summed E-state index contributed by atoms with van der Waals surface area (Å²) in [6.45, 7) is 30.3. The average molecular weight is 1000 g/mol. The molecule has 0 N–H and O–H groups in total. The second-order valence-electron chi connectivity index (χ2n) is 23.7. The van der Waals surface area contributed by atoms with E-state index in [9.17, 15) is 0 Å². The molecule has 70 heavy (non-hydrogen) atoms. The van der Waals surface area contributed by atoms with Gasteiger partial charge in [0.15, 0.2) is 16.6 Å². The Kier molecular flexibility index (Phi) is 39.0. The summed E-state index contributed by atoms with van der Waals surface area (Å²) in [5.41, 5.74) is 3.36. The summed E-state index contributed by atoms with van der Waals surface area (Å²) in [4.78, 5) is 0. The molecular weight excluding hydrogens is 889 g/mol. The van der Waals surface area contributed by atoms with E-state index < -0.39 is 16.6 Å². The van der Waals surface area contributed by atoms with Gasteiger partial charge in [0.05, 0.1) is 26.4 Å². The van der Waals surface area contributed by atoms with Crippen molar-refractivity contribution >= 4 is 16.6 Å². The first-order valence-corrected chi connectivity index (χ1v) is 35.3. The summed E-state index contributed by atoms with van der Waals surface area (Å²) in [6, 6.07) is 0. The molecule has 400 valence electrons. The predicted octanol–water partition coefficient (Wildman–Crippen LogP) is 19.2. The maximum Gasteiger partial charge on any atom is 0.192 e. The molecule has 0 heterocycles. The van der Waals surface area contributed by atoms with Crippen LogP contribution in [0.15, 0.2) is 22.3 Å². The van der Waals surface area contributed by atoms with Crippen molar-refractivity contribution in [2.45, 2.75) is 297 Å². The maximum absolute atomic E-state index is 6.73. The van der Waals surface area contributed by atoms with Gasteiger partial charge in [-0.3, -0.25) is 0 Å². The Labute approximate surface area is 439 Å². The lowest BCUT2D eigenvalue weighted by Gasteiger charge is -2.36. The first-order chi connectivity index (χ1) is 33.6. The smallest absolute Gasteiger partial charge is 0.192 e. The monoisotopic (exact) mass is 1000 g/mol. The zero-order chi connectivity index (χ0) is 51.7. The van der Waals surface area contributed by atoms with Gasteiger partial charge < -0.3 is 18.3 Å². The van der Waals surface area contributed by atoms with Crippen LogP contribution in [0.3, 0.4) is 0 Å². The average Bonchev–Trinajstić information content (AvgIpc) is 3.30. The molecule has 1 aliphatic carbocycles. The third-order valence-electron chi connectivity index (χ3n) is 15.3. The van der Waals surface area contributed by atoms with Crippen LogP contribution in [0.25, 0.3) is 0 Å². The molecule has 6 heteroatoms. The molecule has 0 aromatic rings. The first kappa shape index (κ1) is 66.0. The maximum atomic E-state index is 6.73. The van der Waals surface area contributed by atoms with Crippen molar-refractivity contribution in [2.24, 2.45) is 0 Å². The Bertz CT molecular complexity index is 1540. The van der Waals surface area contributed by atoms with E-state index in [2.05, 4.69) is 129 Å². The molecule has 0 spiro atoms. The summed E-state index contributed by atoms with van der Waals surface area (Å²) in [7, 11) is -4.12. The summed E-state index contributed by atoms with van der Waals surface area (Å²) >= 11 is 0. The highest BCUT2D eigenvalue weighted by atomic mass is 28.4. The van der Waals surface area contributed by atoms with E-state index in [1.165, 1.54) is 193 Å². The van der Waals surface area contributed by atoms with Crippen molar-refractivity contribution < 1.29 is 18.3 Å². The molecule has 1 aliphatic rings. The largest absolute Gasteiger partial charge is 0.412 e. The summed E-state index contributed by atoms with van der Waals surface area (Å²) in [5, 5.41) is 0.143. The molecule has 0 unspecified atom stereocenters. The summed E-state index contributed by atoms with van der Waals surface area (Å²) in [6.07, 6.45) is 43.4. The van der Waals surface area contributed by atoms with Gasteiger partial charge in [0.25, 0.3) is 0 Å². The number of unbranched alkanes of at least 4 members (excludes halogenated alkanes) is 30. The predicted molar refractivity (Wildman–Crippen MR) is 312 cm³/mol. The van der Waals surface area contributed by atoms with Gasteiger partial charge >= 0.3 is 0 Å². The number of hydrogen-bond donors (Lipinski definition) is 0. The molecule has 0 bridgehead atoms. The van der Waals surface area contributed by atoms with Gasteiger partial charge in [0.1, 0.15) is 0 Å². The van der Waals surface area contributed by atoms with Crippen LogP contribution in [0.4, 0.5) is 0 Å². The lowest BCUT2D eigenvalue weighted by Crippen LogP contribution is -2.41. The quantitative estimate of drug-likeness (QED) is 0.0346. The van der Waals surface area contributed by atoms with Crippen LogP contribution >= 0.6 is 0 Å². The Balaban J connectivity index is 2.88. The van der Waals surface area contributed by atoms with Gasteiger partial charge in [0, 0.05) is 35.5 Å². The molecule has 0 aromatic carbocycles. The van der Waals surface area contributed by atoms with Gasteiger partial charge in [-0.05, 0) is 72.8 Å². The van der Waals surface area contributed by atoms with E-state index in [1.54, 1.807) is 0 Å². The zero-order valence-corrected chi connectivity index (χ0v) is 50.5. The molecule has 0 atom stereocenters. The van der Waals surface area contributed by atoms with Crippen LogP contribution in [0.5, 0.6) is 0 Å². The van der Waals surface area contributed by atoms with Crippen LogP contribution in [0, 0.1) is 47.4 Å². The highest BCUT2D eigenvalue weighted by molar-refractivity contribution is 6.74. The van der Waals surface area contributed by atoms with Crippen LogP contribution in [-0.4, -0.2) is 56.3 Å². The Hall–Kier alpha value is -2.01. The minimum atomic E-state index is -2.06. The van der Waals surface area contributed by atoms with Crippen molar-refractivity contribution in [3.63, 3.8) is 0 Å². The second kappa shape index (κ2) is 41.4. The Morgan fingerprint density at radius 2 is 0.500 bits per heavy atom. The van der Waals surface area contributed by atoms with E-state index in [-0.39, 0.29) is 10.1 Å². The summed E-state index contributed by atoms with van der Waals surface area (Å²) in [5.74, 6) is 26.4. The lowest BCUT2D eigenvalue weighted by atomic mass is 10.0.